The zero-order valence-electron chi connectivity index (χ0n) is 16.8. The molecular weight excluding hydrogens is 630 g/mol. The molecule has 0 saturated heterocycles. The third kappa shape index (κ3) is 5.57. The standard InChI is InChI=1S/C25H18I2N2O3/c26-20-8-5-16(6-9-20)15-32-24-10-7-17(11-22(24)27)14-28-29-25(31)21-12-18-3-1-2-4-19(18)13-23(21)30/h1-14,30H,15H2,(H,29,31). The van der Waals surface area contributed by atoms with Crippen LogP contribution >= 0.6 is 45.2 Å². The van der Waals surface area contributed by atoms with Crippen LogP contribution in [0.2, 0.25) is 0 Å². The molecule has 2 N–H and O–H groups in total. The van der Waals surface area contributed by atoms with E-state index in [4.69, 9.17) is 4.74 Å². The molecule has 0 heterocycles. The van der Waals surface area contributed by atoms with Gasteiger partial charge in [0.1, 0.15) is 18.1 Å². The van der Waals surface area contributed by atoms with Crippen molar-refractivity contribution in [1.29, 1.82) is 0 Å². The van der Waals surface area contributed by atoms with Crippen molar-refractivity contribution in [2.45, 2.75) is 6.61 Å². The van der Waals surface area contributed by atoms with Crippen LogP contribution < -0.4 is 10.2 Å². The lowest BCUT2D eigenvalue weighted by Gasteiger charge is -2.09. The minimum Gasteiger partial charge on any atom is -0.507 e. The first kappa shape index (κ1) is 22.5. The summed E-state index contributed by atoms with van der Waals surface area (Å²) in [5.41, 5.74) is 4.57. The number of rotatable bonds is 6. The number of amides is 1. The molecule has 0 saturated carbocycles. The predicted octanol–water partition coefficient (Wildman–Crippen LogP) is 6.10. The van der Waals surface area contributed by atoms with Gasteiger partial charge >= 0.3 is 0 Å². The SMILES string of the molecule is O=C(NN=Cc1ccc(OCc2ccc(I)cc2)c(I)c1)c1cc2ccccc2cc1O. The highest BCUT2D eigenvalue weighted by atomic mass is 127. The second-order valence-corrected chi connectivity index (χ2v) is 9.43. The lowest BCUT2D eigenvalue weighted by Crippen LogP contribution is -2.17. The lowest BCUT2D eigenvalue weighted by atomic mass is 10.1. The number of fused-ring (bicyclic) bond motifs is 1. The fraction of sp³-hybridized carbons (Fsp3) is 0.0400. The predicted molar refractivity (Wildman–Crippen MR) is 143 cm³/mol. The Morgan fingerprint density at radius 1 is 0.969 bits per heavy atom. The Morgan fingerprint density at radius 2 is 1.69 bits per heavy atom. The van der Waals surface area contributed by atoms with Crippen molar-refractivity contribution in [3.05, 3.63) is 103 Å². The fourth-order valence-corrected chi connectivity index (χ4v) is 4.15. The van der Waals surface area contributed by atoms with Crippen molar-refractivity contribution in [2.24, 2.45) is 5.10 Å². The topological polar surface area (TPSA) is 70.9 Å². The molecule has 0 bridgehead atoms. The van der Waals surface area contributed by atoms with Crippen LogP contribution in [0.5, 0.6) is 11.5 Å². The highest BCUT2D eigenvalue weighted by Gasteiger charge is 2.11. The maximum absolute atomic E-state index is 12.5. The van der Waals surface area contributed by atoms with Crippen LogP contribution in [0.4, 0.5) is 0 Å². The van der Waals surface area contributed by atoms with Gasteiger partial charge in [0.25, 0.3) is 5.91 Å². The Hall–Kier alpha value is -2.66. The number of hydrogen-bond donors (Lipinski definition) is 2. The first-order valence-corrected chi connectivity index (χ1v) is 11.9. The molecule has 0 atom stereocenters. The van der Waals surface area contributed by atoms with Crippen molar-refractivity contribution in [3.8, 4) is 11.5 Å². The zero-order valence-corrected chi connectivity index (χ0v) is 21.1. The van der Waals surface area contributed by atoms with E-state index in [9.17, 15) is 9.90 Å². The van der Waals surface area contributed by atoms with E-state index in [0.717, 1.165) is 31.2 Å². The molecule has 0 aliphatic heterocycles. The largest absolute Gasteiger partial charge is 0.507 e. The van der Waals surface area contributed by atoms with Crippen LogP contribution in [0.1, 0.15) is 21.5 Å². The Kier molecular flexibility index (Phi) is 7.26. The van der Waals surface area contributed by atoms with Gasteiger partial charge in [-0.2, -0.15) is 5.10 Å². The Bertz CT molecular complexity index is 1300. The average molecular weight is 648 g/mol. The minimum absolute atomic E-state index is 0.0828. The number of halogens is 2. The second kappa shape index (κ2) is 10.3. The first-order valence-electron chi connectivity index (χ1n) is 9.71. The monoisotopic (exact) mass is 648 g/mol. The number of hydrogen-bond acceptors (Lipinski definition) is 4. The van der Waals surface area contributed by atoms with Gasteiger partial charge in [0.2, 0.25) is 0 Å². The molecule has 0 radical (unpaired) electrons. The number of nitrogens with one attached hydrogen (secondary N) is 1. The Morgan fingerprint density at radius 3 is 2.41 bits per heavy atom. The molecule has 0 aromatic heterocycles. The van der Waals surface area contributed by atoms with Crippen LogP contribution in [-0.4, -0.2) is 17.2 Å². The van der Waals surface area contributed by atoms with Gasteiger partial charge in [0.15, 0.2) is 0 Å². The average Bonchev–Trinajstić information content (AvgIpc) is 2.79. The summed E-state index contributed by atoms with van der Waals surface area (Å²) in [4.78, 5) is 12.5. The van der Waals surface area contributed by atoms with E-state index in [-0.39, 0.29) is 11.3 Å². The van der Waals surface area contributed by atoms with E-state index in [1.165, 1.54) is 3.57 Å². The van der Waals surface area contributed by atoms with Crippen LogP contribution in [0.25, 0.3) is 10.8 Å². The van der Waals surface area contributed by atoms with Gasteiger partial charge in [0.05, 0.1) is 15.3 Å². The normalized spacial score (nSPS) is 11.1. The van der Waals surface area contributed by atoms with Gasteiger partial charge < -0.3 is 9.84 Å². The third-order valence-corrected chi connectivity index (χ3v) is 6.31. The van der Waals surface area contributed by atoms with E-state index in [1.54, 1.807) is 18.3 Å². The number of hydrazone groups is 1. The molecule has 0 aliphatic rings. The quantitative estimate of drug-likeness (QED) is 0.151. The summed E-state index contributed by atoms with van der Waals surface area (Å²) < 4.78 is 8.04. The molecule has 0 unspecified atom stereocenters. The molecule has 0 aliphatic carbocycles. The molecule has 0 spiro atoms. The summed E-state index contributed by atoms with van der Waals surface area (Å²) >= 11 is 4.49. The molecule has 0 fully saturated rings. The number of phenolic OH excluding ortho intramolecular Hbond substituents is 1. The minimum atomic E-state index is -0.475. The van der Waals surface area contributed by atoms with Gasteiger partial charge in [-0.15, -0.1) is 0 Å². The fourth-order valence-electron chi connectivity index (χ4n) is 3.09. The first-order chi connectivity index (χ1) is 15.5. The molecular formula is C25H18I2N2O3. The van der Waals surface area contributed by atoms with Crippen LogP contribution in [-0.2, 0) is 6.61 Å². The summed E-state index contributed by atoms with van der Waals surface area (Å²) in [6, 6.07) is 24.6. The summed E-state index contributed by atoms with van der Waals surface area (Å²) in [7, 11) is 0. The van der Waals surface area contributed by atoms with Gasteiger partial charge in [0, 0.05) is 3.57 Å². The molecule has 4 rings (SSSR count). The number of ether oxygens (including phenoxy) is 1. The maximum Gasteiger partial charge on any atom is 0.275 e. The molecule has 160 valence electrons. The molecule has 4 aromatic carbocycles. The maximum atomic E-state index is 12.5. The number of nitrogens with zero attached hydrogens (tertiary/aromatic N) is 1. The Balaban J connectivity index is 1.39. The van der Waals surface area contributed by atoms with E-state index < -0.39 is 5.91 Å². The van der Waals surface area contributed by atoms with Gasteiger partial charge in [-0.3, -0.25) is 4.79 Å². The molecule has 7 heteroatoms. The highest BCUT2D eigenvalue weighted by molar-refractivity contribution is 14.1. The van der Waals surface area contributed by atoms with Crippen molar-refractivity contribution in [2.75, 3.05) is 0 Å². The number of carbonyl (C=O) groups is 1. The van der Waals surface area contributed by atoms with Crippen LogP contribution in [0.15, 0.2) is 84.0 Å². The van der Waals surface area contributed by atoms with Gasteiger partial charge in [-0.05, 0) is 110 Å². The van der Waals surface area contributed by atoms with Crippen molar-refractivity contribution >= 4 is 68.1 Å². The van der Waals surface area contributed by atoms with E-state index >= 15 is 0 Å². The summed E-state index contributed by atoms with van der Waals surface area (Å²) in [6.07, 6.45) is 1.56. The smallest absolute Gasteiger partial charge is 0.275 e. The zero-order chi connectivity index (χ0) is 22.5. The highest BCUT2D eigenvalue weighted by Crippen LogP contribution is 2.25. The van der Waals surface area contributed by atoms with Crippen molar-refractivity contribution in [1.82, 2.24) is 5.43 Å². The van der Waals surface area contributed by atoms with Crippen LogP contribution in [0, 0.1) is 7.14 Å². The van der Waals surface area contributed by atoms with Gasteiger partial charge in [-0.25, -0.2) is 5.43 Å². The van der Waals surface area contributed by atoms with Gasteiger partial charge in [-0.1, -0.05) is 36.4 Å². The van der Waals surface area contributed by atoms with E-state index in [0.29, 0.717) is 6.61 Å². The Labute approximate surface area is 212 Å². The molecule has 5 nitrogen and oxygen atoms in total. The second-order valence-electron chi connectivity index (χ2n) is 7.02. The van der Waals surface area contributed by atoms with Crippen molar-refractivity contribution < 1.29 is 14.6 Å². The number of phenols is 1. The van der Waals surface area contributed by atoms with Crippen LogP contribution in [0.3, 0.4) is 0 Å². The summed E-state index contributed by atoms with van der Waals surface area (Å²) in [5, 5.41) is 15.9. The molecule has 1 amide bonds. The van der Waals surface area contributed by atoms with E-state index in [2.05, 4.69) is 67.8 Å². The van der Waals surface area contributed by atoms with E-state index in [1.807, 2.05) is 54.6 Å². The third-order valence-electron chi connectivity index (χ3n) is 4.75. The summed E-state index contributed by atoms with van der Waals surface area (Å²) in [5.74, 6) is 0.226. The molecule has 32 heavy (non-hydrogen) atoms. The number of carbonyl (C=O) groups excluding carboxylic acids is 1. The molecule has 4 aromatic rings. The summed E-state index contributed by atoms with van der Waals surface area (Å²) in [6.45, 7) is 0.492. The van der Waals surface area contributed by atoms with Crippen molar-refractivity contribution in [3.63, 3.8) is 0 Å². The lowest BCUT2D eigenvalue weighted by molar-refractivity contribution is 0.0952. The number of aromatic hydroxyl groups is 1. The number of benzene rings is 4.